The van der Waals surface area contributed by atoms with Crippen molar-refractivity contribution in [1.82, 2.24) is 4.31 Å². The molecule has 1 aliphatic heterocycles. The van der Waals surface area contributed by atoms with Crippen LogP contribution in [0.5, 0.6) is 0 Å². The molecule has 0 aliphatic carbocycles. The Balaban J connectivity index is 2.74. The maximum Gasteiger partial charge on any atom is 0.211 e. The first-order valence-corrected chi connectivity index (χ1v) is 5.33. The highest BCUT2D eigenvalue weighted by Gasteiger charge is 2.27. The summed E-state index contributed by atoms with van der Waals surface area (Å²) in [6, 6.07) is 0.218. The van der Waals surface area contributed by atoms with Gasteiger partial charge in [0.05, 0.1) is 6.26 Å². The maximum atomic E-state index is 11.0. The zero-order valence-corrected chi connectivity index (χ0v) is 7.19. The Bertz CT molecular complexity index is 210. The van der Waals surface area contributed by atoms with Crippen LogP contribution in [-0.2, 0) is 10.0 Å². The number of hydrogen-bond donors (Lipinski definition) is 0. The molecular weight excluding hydrogens is 150 g/mol. The zero-order valence-electron chi connectivity index (χ0n) is 6.37. The quantitative estimate of drug-likeness (QED) is 0.562. The van der Waals surface area contributed by atoms with Crippen LogP contribution in [0, 0.1) is 0 Å². The van der Waals surface area contributed by atoms with Crippen LogP contribution in [0.1, 0.15) is 19.8 Å². The summed E-state index contributed by atoms with van der Waals surface area (Å²) in [5, 5.41) is 0. The third-order valence-corrected chi connectivity index (χ3v) is 3.31. The molecule has 1 rings (SSSR count). The average molecular weight is 163 g/mol. The second kappa shape index (κ2) is 2.51. The number of sulfonamides is 1. The Kier molecular flexibility index (Phi) is 2.01. The highest BCUT2D eigenvalue weighted by molar-refractivity contribution is 7.88. The first-order valence-electron chi connectivity index (χ1n) is 3.48. The smallest absolute Gasteiger partial charge is 0.211 e. The number of hydrogen-bond acceptors (Lipinski definition) is 2. The summed E-state index contributed by atoms with van der Waals surface area (Å²) >= 11 is 0. The van der Waals surface area contributed by atoms with Gasteiger partial charge in [-0.25, -0.2) is 8.42 Å². The van der Waals surface area contributed by atoms with Crippen molar-refractivity contribution in [2.75, 3.05) is 12.8 Å². The molecule has 0 radical (unpaired) electrons. The van der Waals surface area contributed by atoms with Gasteiger partial charge in [0.2, 0.25) is 10.0 Å². The highest BCUT2D eigenvalue weighted by Crippen LogP contribution is 2.18. The van der Waals surface area contributed by atoms with Crippen LogP contribution in [0.2, 0.25) is 0 Å². The maximum absolute atomic E-state index is 11.0. The lowest BCUT2D eigenvalue weighted by molar-refractivity contribution is 0.412. The molecule has 0 saturated carbocycles. The van der Waals surface area contributed by atoms with Gasteiger partial charge in [-0.1, -0.05) is 0 Å². The van der Waals surface area contributed by atoms with E-state index in [1.54, 1.807) is 4.31 Å². The highest BCUT2D eigenvalue weighted by atomic mass is 32.2. The van der Waals surface area contributed by atoms with Crippen LogP contribution in [0.15, 0.2) is 0 Å². The van der Waals surface area contributed by atoms with Gasteiger partial charge < -0.3 is 0 Å². The van der Waals surface area contributed by atoms with Crippen LogP contribution in [-0.4, -0.2) is 31.6 Å². The Morgan fingerprint density at radius 2 is 2.10 bits per heavy atom. The summed E-state index contributed by atoms with van der Waals surface area (Å²) in [5.41, 5.74) is 0. The molecule has 0 spiro atoms. The van der Waals surface area contributed by atoms with E-state index < -0.39 is 10.0 Å². The fourth-order valence-electron chi connectivity index (χ4n) is 1.40. The van der Waals surface area contributed by atoms with Crippen LogP contribution < -0.4 is 0 Å². The lowest BCUT2D eigenvalue weighted by Crippen LogP contribution is -2.32. The largest absolute Gasteiger partial charge is 0.212 e. The summed E-state index contributed by atoms with van der Waals surface area (Å²) in [7, 11) is -2.92. The topological polar surface area (TPSA) is 37.4 Å². The van der Waals surface area contributed by atoms with Gasteiger partial charge in [0.1, 0.15) is 0 Å². The Hall–Kier alpha value is -0.0900. The summed E-state index contributed by atoms with van der Waals surface area (Å²) in [4.78, 5) is 0. The van der Waals surface area contributed by atoms with Gasteiger partial charge in [-0.05, 0) is 19.8 Å². The summed E-state index contributed by atoms with van der Waals surface area (Å²) in [5.74, 6) is 0. The van der Waals surface area contributed by atoms with Gasteiger partial charge in [-0.3, -0.25) is 0 Å². The van der Waals surface area contributed by atoms with E-state index in [-0.39, 0.29) is 6.04 Å². The van der Waals surface area contributed by atoms with Gasteiger partial charge in [0.15, 0.2) is 0 Å². The predicted molar refractivity (Wildman–Crippen MR) is 40.2 cm³/mol. The van der Waals surface area contributed by atoms with E-state index in [1.807, 2.05) is 6.92 Å². The minimum atomic E-state index is -2.92. The van der Waals surface area contributed by atoms with Gasteiger partial charge in [-0.2, -0.15) is 4.31 Å². The van der Waals surface area contributed by atoms with Gasteiger partial charge in [-0.15, -0.1) is 0 Å². The van der Waals surface area contributed by atoms with E-state index in [1.165, 1.54) is 6.26 Å². The predicted octanol–water partition coefficient (Wildman–Crippen LogP) is 0.430. The van der Waals surface area contributed by atoms with Crippen molar-refractivity contribution in [1.29, 1.82) is 0 Å². The lowest BCUT2D eigenvalue weighted by atomic mass is 10.3. The number of rotatable bonds is 1. The third kappa shape index (κ3) is 1.49. The first kappa shape index (κ1) is 8.01. The van der Waals surface area contributed by atoms with Crippen molar-refractivity contribution in [3.8, 4) is 0 Å². The third-order valence-electron chi connectivity index (χ3n) is 1.92. The minimum Gasteiger partial charge on any atom is -0.212 e. The molecular formula is C6H13NO2S. The molecule has 0 bridgehead atoms. The second-order valence-corrected chi connectivity index (χ2v) is 4.80. The molecule has 60 valence electrons. The Labute approximate surface area is 62.1 Å². The van der Waals surface area contributed by atoms with Gasteiger partial charge in [0, 0.05) is 12.6 Å². The van der Waals surface area contributed by atoms with E-state index in [4.69, 9.17) is 0 Å². The second-order valence-electron chi connectivity index (χ2n) is 2.86. The molecule has 1 fully saturated rings. The SMILES string of the molecule is CC1CCCN1S(C)(=O)=O. The molecule has 0 N–H and O–H groups in total. The number of nitrogens with zero attached hydrogens (tertiary/aromatic N) is 1. The van der Waals surface area contributed by atoms with Crippen LogP contribution in [0.25, 0.3) is 0 Å². The summed E-state index contributed by atoms with van der Waals surface area (Å²) < 4.78 is 23.5. The van der Waals surface area contributed by atoms with E-state index >= 15 is 0 Å². The molecule has 0 amide bonds. The molecule has 1 aliphatic rings. The van der Waals surface area contributed by atoms with E-state index in [0.29, 0.717) is 6.54 Å². The Morgan fingerprint density at radius 1 is 1.50 bits per heavy atom. The van der Waals surface area contributed by atoms with Crippen molar-refractivity contribution in [3.63, 3.8) is 0 Å². The Morgan fingerprint density at radius 3 is 2.30 bits per heavy atom. The normalized spacial score (nSPS) is 29.2. The molecule has 0 aromatic rings. The molecule has 1 heterocycles. The van der Waals surface area contributed by atoms with Crippen molar-refractivity contribution in [2.45, 2.75) is 25.8 Å². The van der Waals surface area contributed by atoms with Gasteiger partial charge >= 0.3 is 0 Å². The molecule has 0 aromatic carbocycles. The standard InChI is InChI=1S/C6H13NO2S/c1-6-4-3-5-7(6)10(2,8)9/h6H,3-5H2,1-2H3. The van der Waals surface area contributed by atoms with Crippen LogP contribution >= 0.6 is 0 Å². The molecule has 4 heteroatoms. The first-order chi connectivity index (χ1) is 4.52. The van der Waals surface area contributed by atoms with E-state index in [0.717, 1.165) is 12.8 Å². The van der Waals surface area contributed by atoms with Crippen molar-refractivity contribution in [2.24, 2.45) is 0 Å². The molecule has 0 aromatic heterocycles. The van der Waals surface area contributed by atoms with Crippen LogP contribution in [0.3, 0.4) is 0 Å². The molecule has 1 unspecified atom stereocenters. The summed E-state index contributed by atoms with van der Waals surface area (Å²) in [6.07, 6.45) is 3.29. The fourth-order valence-corrected chi connectivity index (χ4v) is 2.62. The van der Waals surface area contributed by atoms with Gasteiger partial charge in [0.25, 0.3) is 0 Å². The summed E-state index contributed by atoms with van der Waals surface area (Å²) in [6.45, 7) is 2.66. The average Bonchev–Trinajstić information content (AvgIpc) is 2.11. The van der Waals surface area contributed by atoms with Crippen molar-refractivity contribution < 1.29 is 8.42 Å². The monoisotopic (exact) mass is 163 g/mol. The van der Waals surface area contributed by atoms with E-state index in [9.17, 15) is 8.42 Å². The fraction of sp³-hybridized carbons (Fsp3) is 1.00. The molecule has 3 nitrogen and oxygen atoms in total. The molecule has 1 saturated heterocycles. The zero-order chi connectivity index (χ0) is 7.78. The van der Waals surface area contributed by atoms with Crippen LogP contribution in [0.4, 0.5) is 0 Å². The lowest BCUT2D eigenvalue weighted by Gasteiger charge is -2.17. The minimum absolute atomic E-state index is 0.218. The van der Waals surface area contributed by atoms with Crippen molar-refractivity contribution in [3.05, 3.63) is 0 Å². The van der Waals surface area contributed by atoms with Crippen molar-refractivity contribution >= 4 is 10.0 Å². The molecule has 10 heavy (non-hydrogen) atoms. The molecule has 1 atom stereocenters. The van der Waals surface area contributed by atoms with E-state index in [2.05, 4.69) is 0 Å².